The van der Waals surface area contributed by atoms with E-state index in [0.717, 1.165) is 24.0 Å². The van der Waals surface area contributed by atoms with Gasteiger partial charge in [0.05, 0.1) is 12.8 Å². The van der Waals surface area contributed by atoms with Gasteiger partial charge in [-0.15, -0.1) is 0 Å². The highest BCUT2D eigenvalue weighted by Crippen LogP contribution is 2.26. The Hall–Kier alpha value is -1.05. The van der Waals surface area contributed by atoms with Crippen LogP contribution in [0.25, 0.3) is 0 Å². The van der Waals surface area contributed by atoms with Crippen molar-refractivity contribution in [2.24, 2.45) is 5.92 Å². The van der Waals surface area contributed by atoms with Gasteiger partial charge in [0, 0.05) is 5.69 Å². The van der Waals surface area contributed by atoms with Crippen LogP contribution in [0.15, 0.2) is 18.3 Å². The van der Waals surface area contributed by atoms with Crippen LogP contribution in [-0.4, -0.2) is 11.6 Å². The molecule has 1 fully saturated rings. The van der Waals surface area contributed by atoms with Crippen molar-refractivity contribution in [3.8, 4) is 5.75 Å². The van der Waals surface area contributed by atoms with E-state index in [2.05, 4.69) is 4.98 Å². The molecule has 1 aromatic heterocycles. The average molecular weight is 177 g/mol. The van der Waals surface area contributed by atoms with Crippen LogP contribution in [0.2, 0.25) is 0 Å². The lowest BCUT2D eigenvalue weighted by Crippen LogP contribution is -2.19. The molecule has 0 unspecified atom stereocenters. The van der Waals surface area contributed by atoms with Crippen LogP contribution in [0.3, 0.4) is 0 Å². The lowest BCUT2D eigenvalue weighted by Gasteiger charge is -2.24. The maximum atomic E-state index is 5.60. The molecule has 0 radical (unpaired) electrons. The summed E-state index contributed by atoms with van der Waals surface area (Å²) in [6.45, 7) is 2.85. The first kappa shape index (κ1) is 8.54. The molecule has 1 heterocycles. The van der Waals surface area contributed by atoms with Gasteiger partial charge in [0.25, 0.3) is 0 Å². The molecule has 0 atom stereocenters. The zero-order valence-electron chi connectivity index (χ0n) is 7.99. The number of pyridine rings is 1. The Labute approximate surface area is 78.9 Å². The zero-order chi connectivity index (χ0) is 9.10. The molecule has 13 heavy (non-hydrogen) atoms. The fraction of sp³-hybridized carbons (Fsp3) is 0.545. The number of nitrogens with zero attached hydrogens (tertiary/aromatic N) is 1. The van der Waals surface area contributed by atoms with E-state index < -0.39 is 0 Å². The molecule has 0 saturated heterocycles. The van der Waals surface area contributed by atoms with Crippen LogP contribution in [0.5, 0.6) is 5.75 Å². The van der Waals surface area contributed by atoms with Crippen molar-refractivity contribution in [2.75, 3.05) is 6.61 Å². The van der Waals surface area contributed by atoms with E-state index in [9.17, 15) is 0 Å². The minimum atomic E-state index is 0.793. The number of hydrogen-bond donors (Lipinski definition) is 0. The second kappa shape index (κ2) is 3.77. The number of rotatable bonds is 3. The third-order valence-electron chi connectivity index (χ3n) is 2.59. The molecule has 1 aliphatic carbocycles. The van der Waals surface area contributed by atoms with Gasteiger partial charge in [-0.1, -0.05) is 6.42 Å². The summed E-state index contributed by atoms with van der Waals surface area (Å²) in [5, 5.41) is 0. The predicted molar refractivity (Wildman–Crippen MR) is 51.8 cm³/mol. The van der Waals surface area contributed by atoms with Crippen molar-refractivity contribution in [3.05, 3.63) is 24.0 Å². The Morgan fingerprint density at radius 1 is 1.46 bits per heavy atom. The maximum Gasteiger partial charge on any atom is 0.137 e. The highest BCUT2D eigenvalue weighted by Gasteiger charge is 2.17. The van der Waals surface area contributed by atoms with Crippen molar-refractivity contribution < 1.29 is 4.74 Å². The summed E-state index contributed by atoms with van der Waals surface area (Å²) in [4.78, 5) is 4.18. The SMILES string of the molecule is Cc1ccc(OCC2CCC2)cn1. The minimum absolute atomic E-state index is 0.793. The van der Waals surface area contributed by atoms with Crippen molar-refractivity contribution in [1.29, 1.82) is 0 Å². The Kier molecular flexibility index (Phi) is 2.48. The first-order valence-electron chi connectivity index (χ1n) is 4.90. The van der Waals surface area contributed by atoms with E-state index in [1.165, 1.54) is 19.3 Å². The molecule has 0 amide bonds. The molecule has 2 heteroatoms. The van der Waals surface area contributed by atoms with E-state index in [-0.39, 0.29) is 0 Å². The number of ether oxygens (including phenoxy) is 1. The Morgan fingerprint density at radius 2 is 2.31 bits per heavy atom. The van der Waals surface area contributed by atoms with Crippen molar-refractivity contribution in [3.63, 3.8) is 0 Å². The van der Waals surface area contributed by atoms with E-state index in [4.69, 9.17) is 4.74 Å². The van der Waals surface area contributed by atoms with Crippen molar-refractivity contribution in [2.45, 2.75) is 26.2 Å². The van der Waals surface area contributed by atoms with Crippen LogP contribution in [0.4, 0.5) is 0 Å². The molecule has 70 valence electrons. The van der Waals surface area contributed by atoms with Gasteiger partial charge in [-0.05, 0) is 37.8 Å². The van der Waals surface area contributed by atoms with Crippen molar-refractivity contribution in [1.82, 2.24) is 4.98 Å². The highest BCUT2D eigenvalue weighted by molar-refractivity contribution is 5.19. The maximum absolute atomic E-state index is 5.60. The Bertz CT molecular complexity index is 264. The van der Waals surface area contributed by atoms with Gasteiger partial charge in [-0.3, -0.25) is 4.98 Å². The summed E-state index contributed by atoms with van der Waals surface area (Å²) in [6.07, 6.45) is 5.84. The molecule has 0 spiro atoms. The summed E-state index contributed by atoms with van der Waals surface area (Å²) in [6, 6.07) is 3.97. The third kappa shape index (κ3) is 2.20. The van der Waals surface area contributed by atoms with Gasteiger partial charge < -0.3 is 4.74 Å². The van der Waals surface area contributed by atoms with Crippen molar-refractivity contribution >= 4 is 0 Å². The Morgan fingerprint density at radius 3 is 2.85 bits per heavy atom. The average Bonchev–Trinajstić information content (AvgIpc) is 2.05. The highest BCUT2D eigenvalue weighted by atomic mass is 16.5. The summed E-state index contributed by atoms with van der Waals surface area (Å²) in [7, 11) is 0. The molecule has 2 nitrogen and oxygen atoms in total. The van der Waals surface area contributed by atoms with Crippen LogP contribution in [0.1, 0.15) is 25.0 Å². The third-order valence-corrected chi connectivity index (χ3v) is 2.59. The van der Waals surface area contributed by atoms with Gasteiger partial charge in [0.15, 0.2) is 0 Å². The number of hydrogen-bond acceptors (Lipinski definition) is 2. The van der Waals surface area contributed by atoms with Gasteiger partial charge in [-0.25, -0.2) is 0 Å². The van der Waals surface area contributed by atoms with Crippen LogP contribution < -0.4 is 4.74 Å². The van der Waals surface area contributed by atoms with Crippen LogP contribution in [-0.2, 0) is 0 Å². The predicted octanol–water partition coefficient (Wildman–Crippen LogP) is 2.57. The fourth-order valence-electron chi connectivity index (χ4n) is 1.41. The zero-order valence-corrected chi connectivity index (χ0v) is 7.99. The topological polar surface area (TPSA) is 22.1 Å². The molecule has 0 bridgehead atoms. The molecule has 2 rings (SSSR count). The second-order valence-electron chi connectivity index (χ2n) is 3.74. The lowest BCUT2D eigenvalue weighted by atomic mass is 9.86. The first-order chi connectivity index (χ1) is 6.34. The summed E-state index contributed by atoms with van der Waals surface area (Å²) in [5.41, 5.74) is 1.04. The molecule has 1 aliphatic rings. The Balaban J connectivity index is 1.83. The largest absolute Gasteiger partial charge is 0.492 e. The normalized spacial score (nSPS) is 16.7. The fourth-order valence-corrected chi connectivity index (χ4v) is 1.41. The van der Waals surface area contributed by atoms with Gasteiger partial charge in [-0.2, -0.15) is 0 Å². The van der Waals surface area contributed by atoms with E-state index in [1.54, 1.807) is 6.20 Å². The molecule has 0 aromatic carbocycles. The molecule has 1 saturated carbocycles. The van der Waals surface area contributed by atoms with Crippen LogP contribution >= 0.6 is 0 Å². The van der Waals surface area contributed by atoms with E-state index in [1.807, 2.05) is 19.1 Å². The molecular formula is C11H15NO. The minimum Gasteiger partial charge on any atom is -0.492 e. The first-order valence-corrected chi connectivity index (χ1v) is 4.90. The molecule has 0 aliphatic heterocycles. The standard InChI is InChI=1S/C11H15NO/c1-9-5-6-11(7-12-9)13-8-10-3-2-4-10/h5-7,10H,2-4,8H2,1H3. The lowest BCUT2D eigenvalue weighted by molar-refractivity contribution is 0.180. The smallest absolute Gasteiger partial charge is 0.137 e. The molecule has 0 N–H and O–H groups in total. The van der Waals surface area contributed by atoms with Crippen LogP contribution in [0, 0.1) is 12.8 Å². The molecular weight excluding hydrogens is 162 g/mol. The summed E-state index contributed by atoms with van der Waals surface area (Å²) >= 11 is 0. The molecule has 1 aromatic rings. The number of aryl methyl sites for hydroxylation is 1. The van der Waals surface area contributed by atoms with E-state index in [0.29, 0.717) is 0 Å². The van der Waals surface area contributed by atoms with Gasteiger partial charge in [0.2, 0.25) is 0 Å². The van der Waals surface area contributed by atoms with Gasteiger partial charge >= 0.3 is 0 Å². The van der Waals surface area contributed by atoms with E-state index >= 15 is 0 Å². The quantitative estimate of drug-likeness (QED) is 0.708. The second-order valence-corrected chi connectivity index (χ2v) is 3.74. The summed E-state index contributed by atoms with van der Waals surface area (Å²) < 4.78 is 5.60. The monoisotopic (exact) mass is 177 g/mol. The van der Waals surface area contributed by atoms with Gasteiger partial charge in [0.1, 0.15) is 5.75 Å². The number of aromatic nitrogens is 1. The summed E-state index contributed by atoms with van der Waals surface area (Å²) in [5.74, 6) is 1.69.